The normalized spacial score (nSPS) is 12.8. The lowest BCUT2D eigenvalue weighted by molar-refractivity contribution is 0.434. The maximum atomic E-state index is 5.61. The van der Waals surface area contributed by atoms with E-state index in [9.17, 15) is 0 Å². The summed E-state index contributed by atoms with van der Waals surface area (Å²) in [6.45, 7) is 0. The van der Waals surface area contributed by atoms with E-state index in [0.717, 1.165) is 29.9 Å². The zero-order valence-electron chi connectivity index (χ0n) is 10.5. The van der Waals surface area contributed by atoms with Crippen molar-refractivity contribution in [2.75, 3.05) is 0 Å². The minimum absolute atomic E-state index is 0.921. The lowest BCUT2D eigenvalue weighted by atomic mass is 9.88. The van der Waals surface area contributed by atoms with Crippen molar-refractivity contribution in [3.05, 3.63) is 65.7 Å². The van der Waals surface area contributed by atoms with Gasteiger partial charge in [0.05, 0.1) is 0 Å². The van der Waals surface area contributed by atoms with Gasteiger partial charge in [0.25, 0.3) is 0 Å². The van der Waals surface area contributed by atoms with Crippen LogP contribution in [0.4, 0.5) is 0 Å². The lowest BCUT2D eigenvalue weighted by Gasteiger charge is -2.14. The van der Waals surface area contributed by atoms with E-state index in [2.05, 4.69) is 41.6 Å². The van der Waals surface area contributed by atoms with Crippen LogP contribution in [-0.2, 0) is 12.8 Å². The fourth-order valence-corrected chi connectivity index (χ4v) is 2.80. The van der Waals surface area contributed by atoms with E-state index in [-0.39, 0.29) is 0 Å². The van der Waals surface area contributed by atoms with Crippen molar-refractivity contribution in [1.29, 1.82) is 0 Å². The number of benzene rings is 2. The third-order valence-electron chi connectivity index (χ3n) is 3.74. The van der Waals surface area contributed by atoms with E-state index in [1.807, 2.05) is 18.2 Å². The summed E-state index contributed by atoms with van der Waals surface area (Å²) < 4.78 is 5.61. The number of rotatable bonds is 1. The van der Waals surface area contributed by atoms with Crippen LogP contribution < -0.4 is 0 Å². The van der Waals surface area contributed by atoms with Gasteiger partial charge < -0.3 is 4.52 Å². The van der Waals surface area contributed by atoms with Crippen LogP contribution in [-0.4, -0.2) is 5.16 Å². The Labute approximate surface area is 111 Å². The lowest BCUT2D eigenvalue weighted by Crippen LogP contribution is -2.02. The number of fused-ring (bicyclic) bond motifs is 3. The molecule has 0 N–H and O–H groups in total. The zero-order valence-corrected chi connectivity index (χ0v) is 10.5. The molecule has 1 aliphatic carbocycles. The van der Waals surface area contributed by atoms with Gasteiger partial charge in [-0.25, -0.2) is 0 Å². The Hall–Kier alpha value is -2.35. The predicted molar refractivity (Wildman–Crippen MR) is 74.8 cm³/mol. The maximum absolute atomic E-state index is 5.61. The third kappa shape index (κ3) is 1.60. The fourth-order valence-electron chi connectivity index (χ4n) is 2.80. The van der Waals surface area contributed by atoms with E-state index < -0.39 is 0 Å². The zero-order chi connectivity index (χ0) is 12.7. The summed E-state index contributed by atoms with van der Waals surface area (Å²) in [4.78, 5) is 0. The molecule has 0 unspecified atom stereocenters. The molecule has 1 heterocycles. The molecule has 0 saturated carbocycles. The highest BCUT2D eigenvalue weighted by molar-refractivity contribution is 5.76. The summed E-state index contributed by atoms with van der Waals surface area (Å²) in [5, 5.41) is 4.30. The Bertz CT molecular complexity index is 715. The average Bonchev–Trinajstić information content (AvgIpc) is 2.92. The first-order chi connectivity index (χ1) is 9.43. The van der Waals surface area contributed by atoms with Crippen LogP contribution >= 0.6 is 0 Å². The second-order valence-electron chi connectivity index (χ2n) is 4.86. The molecule has 1 aliphatic rings. The predicted octanol–water partition coefficient (Wildman–Crippen LogP) is 4.11. The van der Waals surface area contributed by atoms with E-state index in [1.54, 1.807) is 0 Å². The van der Waals surface area contributed by atoms with Crippen molar-refractivity contribution < 1.29 is 4.52 Å². The maximum Gasteiger partial charge on any atom is 0.170 e. The van der Waals surface area contributed by atoms with Crippen LogP contribution in [0.25, 0.3) is 22.6 Å². The first-order valence-electron chi connectivity index (χ1n) is 6.56. The SMILES string of the molecule is c1ccc(-c2onc3c2CCc2ccccc2-3)cc1. The molecule has 0 radical (unpaired) electrons. The van der Waals surface area contributed by atoms with Crippen molar-refractivity contribution in [3.63, 3.8) is 0 Å². The summed E-state index contributed by atoms with van der Waals surface area (Å²) in [7, 11) is 0. The summed E-state index contributed by atoms with van der Waals surface area (Å²) in [6.07, 6.45) is 2.06. The van der Waals surface area contributed by atoms with Crippen LogP contribution in [0.2, 0.25) is 0 Å². The average molecular weight is 247 g/mol. The number of hydrogen-bond donors (Lipinski definition) is 0. The second-order valence-corrected chi connectivity index (χ2v) is 4.86. The fraction of sp³-hybridized carbons (Fsp3) is 0.118. The second kappa shape index (κ2) is 4.09. The topological polar surface area (TPSA) is 26.0 Å². The summed E-state index contributed by atoms with van der Waals surface area (Å²) in [5.41, 5.74) is 5.94. The monoisotopic (exact) mass is 247 g/mol. The molecule has 19 heavy (non-hydrogen) atoms. The van der Waals surface area contributed by atoms with Crippen LogP contribution in [0.5, 0.6) is 0 Å². The van der Waals surface area contributed by atoms with Crippen molar-refractivity contribution in [3.8, 4) is 22.6 Å². The highest BCUT2D eigenvalue weighted by Crippen LogP contribution is 2.38. The Morgan fingerprint density at radius 3 is 2.53 bits per heavy atom. The number of aryl methyl sites for hydroxylation is 1. The first-order valence-corrected chi connectivity index (χ1v) is 6.56. The summed E-state index contributed by atoms with van der Waals surface area (Å²) in [5.74, 6) is 0.921. The van der Waals surface area contributed by atoms with Gasteiger partial charge in [0.15, 0.2) is 5.76 Å². The number of hydrogen-bond acceptors (Lipinski definition) is 2. The molecule has 92 valence electrons. The molecule has 3 aromatic rings. The molecule has 0 bridgehead atoms. The Morgan fingerprint density at radius 1 is 0.842 bits per heavy atom. The number of nitrogens with zero attached hydrogens (tertiary/aromatic N) is 1. The molecule has 2 nitrogen and oxygen atoms in total. The molecular formula is C17H13NO. The van der Waals surface area contributed by atoms with Gasteiger partial charge in [-0.15, -0.1) is 0 Å². The van der Waals surface area contributed by atoms with Crippen LogP contribution in [0.15, 0.2) is 59.1 Å². The molecule has 0 aliphatic heterocycles. The van der Waals surface area contributed by atoms with Crippen LogP contribution in [0.3, 0.4) is 0 Å². The first kappa shape index (κ1) is 10.6. The largest absolute Gasteiger partial charge is 0.355 e. The van der Waals surface area contributed by atoms with E-state index in [1.165, 1.54) is 16.7 Å². The molecule has 0 atom stereocenters. The summed E-state index contributed by atoms with van der Waals surface area (Å²) >= 11 is 0. The molecule has 1 aromatic heterocycles. The van der Waals surface area contributed by atoms with Gasteiger partial charge in [0, 0.05) is 16.7 Å². The van der Waals surface area contributed by atoms with Gasteiger partial charge in [-0.2, -0.15) is 0 Å². The van der Waals surface area contributed by atoms with E-state index >= 15 is 0 Å². The minimum Gasteiger partial charge on any atom is -0.355 e. The van der Waals surface area contributed by atoms with Gasteiger partial charge in [-0.05, 0) is 18.4 Å². The van der Waals surface area contributed by atoms with Gasteiger partial charge >= 0.3 is 0 Å². The van der Waals surface area contributed by atoms with Gasteiger partial charge in [0.1, 0.15) is 5.69 Å². The molecule has 0 saturated heterocycles. The molecule has 2 heteroatoms. The Balaban J connectivity index is 1.91. The molecule has 0 spiro atoms. The Morgan fingerprint density at radius 2 is 1.63 bits per heavy atom. The molecule has 4 rings (SSSR count). The van der Waals surface area contributed by atoms with Crippen LogP contribution in [0, 0.1) is 0 Å². The Kier molecular flexibility index (Phi) is 2.27. The van der Waals surface area contributed by atoms with E-state index in [0.29, 0.717) is 0 Å². The third-order valence-corrected chi connectivity index (χ3v) is 3.74. The standard InChI is InChI=1S/C17H13NO/c1-2-7-13(8-3-1)17-15-11-10-12-6-4-5-9-14(12)16(15)18-19-17/h1-9H,10-11H2. The van der Waals surface area contributed by atoms with Gasteiger partial charge in [-0.1, -0.05) is 59.8 Å². The highest BCUT2D eigenvalue weighted by atomic mass is 16.5. The van der Waals surface area contributed by atoms with Crippen molar-refractivity contribution >= 4 is 0 Å². The van der Waals surface area contributed by atoms with Gasteiger partial charge in [-0.3, -0.25) is 0 Å². The van der Waals surface area contributed by atoms with Crippen LogP contribution in [0.1, 0.15) is 11.1 Å². The molecule has 0 fully saturated rings. The smallest absolute Gasteiger partial charge is 0.170 e. The number of aromatic nitrogens is 1. The van der Waals surface area contributed by atoms with E-state index in [4.69, 9.17) is 4.52 Å². The minimum atomic E-state index is 0.921. The van der Waals surface area contributed by atoms with Crippen molar-refractivity contribution in [1.82, 2.24) is 5.16 Å². The van der Waals surface area contributed by atoms with Gasteiger partial charge in [0.2, 0.25) is 0 Å². The summed E-state index contributed by atoms with van der Waals surface area (Å²) in [6, 6.07) is 18.7. The quantitative estimate of drug-likeness (QED) is 0.647. The molecular weight excluding hydrogens is 234 g/mol. The molecule has 0 amide bonds. The molecule has 2 aromatic carbocycles. The van der Waals surface area contributed by atoms with Crippen molar-refractivity contribution in [2.45, 2.75) is 12.8 Å². The van der Waals surface area contributed by atoms with Crippen molar-refractivity contribution in [2.24, 2.45) is 0 Å². The highest BCUT2D eigenvalue weighted by Gasteiger charge is 2.24.